The monoisotopic (exact) mass is 490 g/mol. The van der Waals surface area contributed by atoms with E-state index in [-0.39, 0.29) is 49.5 Å². The minimum atomic E-state index is -4.64. The molecular formula is C23H25F3N6O3. The summed E-state index contributed by atoms with van der Waals surface area (Å²) in [6.07, 6.45) is -2.59. The third kappa shape index (κ3) is 4.21. The van der Waals surface area contributed by atoms with Crippen LogP contribution < -0.4 is 10.6 Å². The molecule has 4 heterocycles. The van der Waals surface area contributed by atoms with Crippen molar-refractivity contribution in [3.8, 4) is 0 Å². The van der Waals surface area contributed by atoms with Crippen LogP contribution in [0.2, 0.25) is 0 Å². The zero-order valence-corrected chi connectivity index (χ0v) is 19.2. The maximum Gasteiger partial charge on any atom is 0.421 e. The summed E-state index contributed by atoms with van der Waals surface area (Å²) in [5, 5.41) is 5.78. The quantitative estimate of drug-likeness (QED) is 0.647. The van der Waals surface area contributed by atoms with E-state index in [9.17, 15) is 22.8 Å². The third-order valence-corrected chi connectivity index (χ3v) is 6.65. The molecule has 2 amide bonds. The number of ether oxygens (including phenoxy) is 1. The third-order valence-electron chi connectivity index (χ3n) is 6.65. The first-order valence-electron chi connectivity index (χ1n) is 11.5. The Kier molecular flexibility index (Phi) is 5.68. The molecular weight excluding hydrogens is 465 g/mol. The van der Waals surface area contributed by atoms with E-state index in [2.05, 4.69) is 20.6 Å². The number of likely N-dealkylation sites (tertiary alicyclic amines) is 1. The van der Waals surface area contributed by atoms with E-state index < -0.39 is 23.9 Å². The Morgan fingerprint density at radius 3 is 2.54 bits per heavy atom. The number of fused-ring (bicyclic) bond motifs is 5. The van der Waals surface area contributed by atoms with Gasteiger partial charge in [-0.1, -0.05) is 6.07 Å². The van der Waals surface area contributed by atoms with Gasteiger partial charge in [0.2, 0.25) is 11.9 Å². The van der Waals surface area contributed by atoms with Crippen LogP contribution >= 0.6 is 0 Å². The number of amides is 2. The van der Waals surface area contributed by atoms with Crippen molar-refractivity contribution in [2.24, 2.45) is 0 Å². The number of nitrogens with one attached hydrogen (secondary N) is 2. The van der Waals surface area contributed by atoms with Gasteiger partial charge >= 0.3 is 12.3 Å². The lowest BCUT2D eigenvalue weighted by Gasteiger charge is -2.39. The highest BCUT2D eigenvalue weighted by Crippen LogP contribution is 2.53. The molecule has 35 heavy (non-hydrogen) atoms. The molecule has 186 valence electrons. The highest BCUT2D eigenvalue weighted by atomic mass is 19.4. The molecule has 0 spiro atoms. The zero-order chi connectivity index (χ0) is 24.9. The fraction of sp³-hybridized carbons (Fsp3) is 0.478. The van der Waals surface area contributed by atoms with Crippen LogP contribution in [0, 0.1) is 0 Å². The number of rotatable bonds is 5. The molecule has 1 aromatic carbocycles. The number of hydrogen-bond acceptors (Lipinski definition) is 7. The van der Waals surface area contributed by atoms with Crippen LogP contribution in [0.3, 0.4) is 0 Å². The van der Waals surface area contributed by atoms with Crippen LogP contribution in [0.1, 0.15) is 55.5 Å². The predicted octanol–water partition coefficient (Wildman–Crippen LogP) is 4.23. The van der Waals surface area contributed by atoms with Crippen LogP contribution in [0.15, 0.2) is 24.4 Å². The predicted molar refractivity (Wildman–Crippen MR) is 120 cm³/mol. The summed E-state index contributed by atoms with van der Waals surface area (Å²) < 4.78 is 45.6. The first-order valence-corrected chi connectivity index (χ1v) is 11.5. The molecule has 9 nitrogen and oxygen atoms in total. The van der Waals surface area contributed by atoms with Gasteiger partial charge in [-0.15, -0.1) is 0 Å². The Labute approximate surface area is 199 Å². The normalized spacial score (nSPS) is 20.9. The fourth-order valence-corrected chi connectivity index (χ4v) is 5.12. The maximum absolute atomic E-state index is 13.6. The number of carbonyl (C=O) groups excluding carboxylic acids is 2. The zero-order valence-electron chi connectivity index (χ0n) is 19.2. The number of alkyl halides is 3. The summed E-state index contributed by atoms with van der Waals surface area (Å²) in [5.74, 6) is -0.317. The summed E-state index contributed by atoms with van der Waals surface area (Å²) in [5.41, 5.74) is 1.79. The molecule has 2 unspecified atom stereocenters. The van der Waals surface area contributed by atoms with Crippen LogP contribution in [-0.4, -0.2) is 57.5 Å². The van der Waals surface area contributed by atoms with Crippen molar-refractivity contribution < 1.29 is 27.5 Å². The standard InChI is InChI=1S/C23H25F3N6O3/c1-3-35-22(34)31-10-14(11-31)28-20-17(23(24,25)26)9-27-21(30-20)29-13-4-5-15-16(8-13)19-7-6-18(15)32(19)12(2)33/h4-5,8-9,14,18-19H,3,6-7,10-11H2,1-2H3,(H2,27,28,29,30). The fourth-order valence-electron chi connectivity index (χ4n) is 5.12. The molecule has 2 bridgehead atoms. The molecule has 0 aliphatic carbocycles. The Bertz CT molecular complexity index is 1170. The SMILES string of the molecule is CCOC(=O)N1CC(Nc2nc(Nc3ccc4c(c3)C3CCC4N3C(C)=O)ncc2C(F)(F)F)C1. The highest BCUT2D eigenvalue weighted by Gasteiger charge is 2.45. The first-order chi connectivity index (χ1) is 16.7. The number of carbonyl (C=O) groups is 2. The average molecular weight is 490 g/mol. The molecule has 12 heteroatoms. The number of anilines is 3. The van der Waals surface area contributed by atoms with Gasteiger partial charge in [0.15, 0.2) is 0 Å². The van der Waals surface area contributed by atoms with E-state index in [0.29, 0.717) is 5.69 Å². The lowest BCUT2D eigenvalue weighted by Crippen LogP contribution is -2.57. The van der Waals surface area contributed by atoms with Gasteiger partial charge < -0.3 is 25.2 Å². The summed E-state index contributed by atoms with van der Waals surface area (Å²) in [4.78, 5) is 35.1. The van der Waals surface area contributed by atoms with Crippen molar-refractivity contribution in [2.75, 3.05) is 30.3 Å². The van der Waals surface area contributed by atoms with Crippen molar-refractivity contribution in [2.45, 2.75) is 51.0 Å². The van der Waals surface area contributed by atoms with E-state index >= 15 is 0 Å². The largest absolute Gasteiger partial charge is 0.450 e. The van der Waals surface area contributed by atoms with Crippen LogP contribution in [0.4, 0.5) is 35.4 Å². The molecule has 3 aliphatic heterocycles. The maximum atomic E-state index is 13.6. The lowest BCUT2D eigenvalue weighted by molar-refractivity contribution is -0.137. The minimum absolute atomic E-state index is 0.00797. The molecule has 2 N–H and O–H groups in total. The van der Waals surface area contributed by atoms with Crippen LogP contribution in [0.5, 0.6) is 0 Å². The van der Waals surface area contributed by atoms with Gasteiger partial charge in [0.05, 0.1) is 24.7 Å². The lowest BCUT2D eigenvalue weighted by atomic mass is 9.91. The molecule has 0 radical (unpaired) electrons. The van der Waals surface area contributed by atoms with E-state index in [1.165, 1.54) is 4.90 Å². The van der Waals surface area contributed by atoms with Gasteiger partial charge in [-0.05, 0) is 43.0 Å². The molecule has 2 saturated heterocycles. The van der Waals surface area contributed by atoms with Gasteiger partial charge in [-0.25, -0.2) is 9.78 Å². The van der Waals surface area contributed by atoms with Gasteiger partial charge in [-0.2, -0.15) is 18.2 Å². The summed E-state index contributed by atoms with van der Waals surface area (Å²) >= 11 is 0. The molecule has 2 fully saturated rings. The van der Waals surface area contributed by atoms with Gasteiger partial charge in [0, 0.05) is 31.9 Å². The molecule has 1 aromatic heterocycles. The Hall–Kier alpha value is -3.57. The Balaban J connectivity index is 1.34. The van der Waals surface area contributed by atoms with Crippen molar-refractivity contribution in [3.05, 3.63) is 41.1 Å². The summed E-state index contributed by atoms with van der Waals surface area (Å²) in [7, 11) is 0. The Morgan fingerprint density at radius 2 is 1.89 bits per heavy atom. The smallest absolute Gasteiger partial charge is 0.421 e. The number of aromatic nitrogens is 2. The summed E-state index contributed by atoms with van der Waals surface area (Å²) in [6, 6.07) is 5.37. The van der Waals surface area contributed by atoms with Crippen molar-refractivity contribution in [1.29, 1.82) is 0 Å². The topological polar surface area (TPSA) is 99.7 Å². The molecule has 0 saturated carbocycles. The average Bonchev–Trinajstić information content (AvgIpc) is 3.33. The molecule has 3 aliphatic rings. The molecule has 2 atom stereocenters. The minimum Gasteiger partial charge on any atom is -0.450 e. The summed E-state index contributed by atoms with van der Waals surface area (Å²) in [6.45, 7) is 3.90. The van der Waals surface area contributed by atoms with Crippen molar-refractivity contribution in [3.63, 3.8) is 0 Å². The van der Waals surface area contributed by atoms with Crippen LogP contribution in [-0.2, 0) is 15.7 Å². The van der Waals surface area contributed by atoms with E-state index in [1.807, 2.05) is 23.1 Å². The van der Waals surface area contributed by atoms with Gasteiger partial charge in [-0.3, -0.25) is 4.79 Å². The number of halogens is 3. The van der Waals surface area contributed by atoms with E-state index in [0.717, 1.165) is 30.2 Å². The molecule has 5 rings (SSSR count). The highest BCUT2D eigenvalue weighted by molar-refractivity contribution is 5.77. The van der Waals surface area contributed by atoms with Gasteiger partial charge in [0.25, 0.3) is 0 Å². The second-order valence-electron chi connectivity index (χ2n) is 8.90. The van der Waals surface area contributed by atoms with Crippen molar-refractivity contribution >= 4 is 29.5 Å². The second kappa shape index (κ2) is 8.58. The number of hydrogen-bond donors (Lipinski definition) is 2. The Morgan fingerprint density at radius 1 is 1.17 bits per heavy atom. The second-order valence-corrected chi connectivity index (χ2v) is 8.90. The van der Waals surface area contributed by atoms with Crippen LogP contribution in [0.25, 0.3) is 0 Å². The van der Waals surface area contributed by atoms with E-state index in [1.54, 1.807) is 13.8 Å². The van der Waals surface area contributed by atoms with E-state index in [4.69, 9.17) is 4.74 Å². The molecule has 2 aromatic rings. The van der Waals surface area contributed by atoms with Gasteiger partial charge in [0.1, 0.15) is 11.4 Å². The van der Waals surface area contributed by atoms with Crippen molar-refractivity contribution in [1.82, 2.24) is 19.8 Å². The number of nitrogens with zero attached hydrogens (tertiary/aromatic N) is 4. The number of benzene rings is 1. The first kappa shape index (κ1) is 23.2.